The molecule has 98 valence electrons. The number of carbonyl (C=O) groups is 1. The molecule has 0 spiro atoms. The molecule has 0 aliphatic heterocycles. The van der Waals surface area contributed by atoms with Crippen LogP contribution in [0, 0.1) is 5.82 Å². The lowest BCUT2D eigenvalue weighted by Gasteiger charge is -2.11. The summed E-state index contributed by atoms with van der Waals surface area (Å²) in [6.07, 6.45) is 0. The van der Waals surface area contributed by atoms with E-state index in [1.807, 2.05) is 19.1 Å². The quantitative estimate of drug-likeness (QED) is 0.912. The van der Waals surface area contributed by atoms with Gasteiger partial charge >= 0.3 is 0 Å². The Morgan fingerprint density at radius 1 is 1.16 bits per heavy atom. The van der Waals surface area contributed by atoms with Crippen molar-refractivity contribution in [2.75, 3.05) is 11.9 Å². The fraction of sp³-hybridized carbons (Fsp3) is 0.133. The topological polar surface area (TPSA) is 38.3 Å². The van der Waals surface area contributed by atoms with E-state index in [0.29, 0.717) is 23.6 Å². The first-order chi connectivity index (χ1) is 9.20. The van der Waals surface area contributed by atoms with E-state index in [1.54, 1.807) is 12.1 Å². The summed E-state index contributed by atoms with van der Waals surface area (Å²) in [6.45, 7) is 2.39. The highest BCUT2D eigenvalue weighted by Crippen LogP contribution is 2.24. The van der Waals surface area contributed by atoms with E-state index in [1.165, 1.54) is 24.3 Å². The van der Waals surface area contributed by atoms with E-state index in [9.17, 15) is 9.18 Å². The van der Waals surface area contributed by atoms with Gasteiger partial charge in [-0.2, -0.15) is 0 Å². The van der Waals surface area contributed by atoms with E-state index >= 15 is 0 Å². The number of rotatable bonds is 4. The summed E-state index contributed by atoms with van der Waals surface area (Å²) in [7, 11) is 0. The van der Waals surface area contributed by atoms with Gasteiger partial charge < -0.3 is 10.1 Å². The predicted octanol–water partition coefficient (Wildman–Crippen LogP) is 3.48. The van der Waals surface area contributed by atoms with E-state index in [2.05, 4.69) is 5.32 Å². The average molecular weight is 259 g/mol. The number of anilines is 1. The number of hydrogen-bond acceptors (Lipinski definition) is 2. The fourth-order valence-corrected chi connectivity index (χ4v) is 1.65. The SMILES string of the molecule is CCOc1ccccc1NC(=O)c1ccc(F)cc1. The highest BCUT2D eigenvalue weighted by Gasteiger charge is 2.09. The van der Waals surface area contributed by atoms with Crippen LogP contribution >= 0.6 is 0 Å². The van der Waals surface area contributed by atoms with Gasteiger partial charge in [0.05, 0.1) is 12.3 Å². The lowest BCUT2D eigenvalue weighted by Crippen LogP contribution is -2.12. The zero-order valence-corrected chi connectivity index (χ0v) is 10.5. The molecule has 0 heterocycles. The summed E-state index contributed by atoms with van der Waals surface area (Å²) in [4.78, 5) is 12.0. The summed E-state index contributed by atoms with van der Waals surface area (Å²) < 4.78 is 18.2. The Kier molecular flexibility index (Phi) is 4.13. The van der Waals surface area contributed by atoms with Gasteiger partial charge in [-0.15, -0.1) is 0 Å². The molecule has 2 rings (SSSR count). The van der Waals surface area contributed by atoms with Crippen LogP contribution in [0.2, 0.25) is 0 Å². The van der Waals surface area contributed by atoms with Crippen LogP contribution in [0.25, 0.3) is 0 Å². The summed E-state index contributed by atoms with van der Waals surface area (Å²) in [5.74, 6) is -0.0566. The monoisotopic (exact) mass is 259 g/mol. The van der Waals surface area contributed by atoms with Gasteiger partial charge in [0.1, 0.15) is 11.6 Å². The standard InChI is InChI=1S/C15H14FNO2/c1-2-19-14-6-4-3-5-13(14)17-15(18)11-7-9-12(16)10-8-11/h3-10H,2H2,1H3,(H,17,18). The lowest BCUT2D eigenvalue weighted by atomic mass is 10.2. The maximum atomic E-state index is 12.8. The van der Waals surface area contributed by atoms with Crippen molar-refractivity contribution in [2.24, 2.45) is 0 Å². The van der Waals surface area contributed by atoms with E-state index in [0.717, 1.165) is 0 Å². The second-order valence-corrected chi connectivity index (χ2v) is 3.89. The molecular formula is C15H14FNO2. The van der Waals surface area contributed by atoms with Gasteiger partial charge in [0, 0.05) is 5.56 Å². The van der Waals surface area contributed by atoms with Crippen molar-refractivity contribution in [3.8, 4) is 5.75 Å². The molecule has 0 aliphatic carbocycles. The van der Waals surface area contributed by atoms with E-state index in [-0.39, 0.29) is 11.7 Å². The molecule has 2 aromatic rings. The molecule has 0 fully saturated rings. The Hall–Kier alpha value is -2.36. The molecular weight excluding hydrogens is 245 g/mol. The molecule has 0 radical (unpaired) electrons. The summed E-state index contributed by atoms with van der Waals surface area (Å²) in [5.41, 5.74) is 0.992. The first kappa shape index (κ1) is 13.1. The zero-order valence-electron chi connectivity index (χ0n) is 10.5. The zero-order chi connectivity index (χ0) is 13.7. The Balaban J connectivity index is 2.16. The first-order valence-electron chi connectivity index (χ1n) is 5.99. The molecule has 0 unspecified atom stereocenters. The highest BCUT2D eigenvalue weighted by atomic mass is 19.1. The van der Waals surface area contributed by atoms with Crippen molar-refractivity contribution in [1.82, 2.24) is 0 Å². The summed E-state index contributed by atoms with van der Waals surface area (Å²) in [6, 6.07) is 12.6. The number of para-hydroxylation sites is 2. The van der Waals surface area contributed by atoms with Crippen LogP contribution in [0.1, 0.15) is 17.3 Å². The van der Waals surface area contributed by atoms with Crippen molar-refractivity contribution < 1.29 is 13.9 Å². The predicted molar refractivity (Wildman–Crippen MR) is 72.0 cm³/mol. The van der Waals surface area contributed by atoms with Crippen LogP contribution in [0.3, 0.4) is 0 Å². The minimum absolute atomic E-state index is 0.299. The number of carbonyl (C=O) groups excluding carboxylic acids is 1. The Morgan fingerprint density at radius 2 is 1.84 bits per heavy atom. The molecule has 19 heavy (non-hydrogen) atoms. The maximum Gasteiger partial charge on any atom is 0.255 e. The highest BCUT2D eigenvalue weighted by molar-refractivity contribution is 6.04. The second-order valence-electron chi connectivity index (χ2n) is 3.89. The van der Waals surface area contributed by atoms with Crippen molar-refractivity contribution in [1.29, 1.82) is 0 Å². The van der Waals surface area contributed by atoms with Crippen molar-refractivity contribution in [3.63, 3.8) is 0 Å². The molecule has 0 aromatic heterocycles. The van der Waals surface area contributed by atoms with Gasteiger partial charge in [0.25, 0.3) is 5.91 Å². The number of halogens is 1. The third-order valence-corrected chi connectivity index (χ3v) is 2.54. The third-order valence-electron chi connectivity index (χ3n) is 2.54. The molecule has 3 nitrogen and oxygen atoms in total. The lowest BCUT2D eigenvalue weighted by molar-refractivity contribution is 0.102. The minimum atomic E-state index is -0.369. The van der Waals surface area contributed by atoms with Crippen molar-refractivity contribution in [3.05, 3.63) is 59.9 Å². The normalized spacial score (nSPS) is 10.0. The van der Waals surface area contributed by atoms with Crippen molar-refractivity contribution in [2.45, 2.75) is 6.92 Å². The van der Waals surface area contributed by atoms with Gasteiger partial charge in [-0.3, -0.25) is 4.79 Å². The number of amides is 1. The Bertz CT molecular complexity index is 567. The molecule has 1 amide bonds. The Labute approximate surface area is 111 Å². The second kappa shape index (κ2) is 6.00. The van der Waals surface area contributed by atoms with Gasteiger partial charge in [0.15, 0.2) is 0 Å². The molecule has 0 bridgehead atoms. The maximum absolute atomic E-state index is 12.8. The van der Waals surface area contributed by atoms with Crippen molar-refractivity contribution >= 4 is 11.6 Å². The average Bonchev–Trinajstić information content (AvgIpc) is 2.42. The van der Waals surface area contributed by atoms with Gasteiger partial charge in [0.2, 0.25) is 0 Å². The number of benzene rings is 2. The van der Waals surface area contributed by atoms with Crippen LogP contribution in [0.5, 0.6) is 5.75 Å². The van der Waals surface area contributed by atoms with Gasteiger partial charge in [-0.05, 0) is 43.3 Å². The largest absolute Gasteiger partial charge is 0.492 e. The third kappa shape index (κ3) is 3.31. The Morgan fingerprint density at radius 3 is 2.53 bits per heavy atom. The molecule has 2 aromatic carbocycles. The fourth-order valence-electron chi connectivity index (χ4n) is 1.65. The van der Waals surface area contributed by atoms with Crippen LogP contribution in [0.15, 0.2) is 48.5 Å². The molecule has 1 N–H and O–H groups in total. The van der Waals surface area contributed by atoms with Crippen LogP contribution < -0.4 is 10.1 Å². The number of nitrogens with one attached hydrogen (secondary N) is 1. The molecule has 0 saturated carbocycles. The number of hydrogen-bond donors (Lipinski definition) is 1. The van der Waals surface area contributed by atoms with E-state index in [4.69, 9.17) is 4.74 Å². The summed E-state index contributed by atoms with van der Waals surface area (Å²) in [5, 5.41) is 2.74. The number of ether oxygens (including phenoxy) is 1. The molecule has 0 aliphatic rings. The van der Waals surface area contributed by atoms with E-state index < -0.39 is 0 Å². The van der Waals surface area contributed by atoms with Gasteiger partial charge in [-0.25, -0.2) is 4.39 Å². The van der Waals surface area contributed by atoms with Crippen LogP contribution in [-0.4, -0.2) is 12.5 Å². The minimum Gasteiger partial charge on any atom is -0.492 e. The summed E-state index contributed by atoms with van der Waals surface area (Å²) >= 11 is 0. The first-order valence-corrected chi connectivity index (χ1v) is 5.99. The van der Waals surface area contributed by atoms with Crippen LogP contribution in [0.4, 0.5) is 10.1 Å². The molecule has 4 heteroatoms. The smallest absolute Gasteiger partial charge is 0.255 e. The molecule has 0 atom stereocenters. The van der Waals surface area contributed by atoms with Gasteiger partial charge in [-0.1, -0.05) is 12.1 Å². The van der Waals surface area contributed by atoms with Crippen LogP contribution in [-0.2, 0) is 0 Å². The molecule has 0 saturated heterocycles.